The molecule has 4 nitrogen and oxygen atoms in total. The number of rotatable bonds is 4. The van der Waals surface area contributed by atoms with Crippen LogP contribution in [0.25, 0.3) is 0 Å². The van der Waals surface area contributed by atoms with E-state index in [2.05, 4.69) is 34.1 Å². The van der Waals surface area contributed by atoms with Crippen molar-refractivity contribution >= 4 is 0 Å². The molecule has 17 heavy (non-hydrogen) atoms. The maximum atomic E-state index is 4.36. The lowest BCUT2D eigenvalue weighted by Gasteiger charge is -2.18. The Morgan fingerprint density at radius 2 is 2.00 bits per heavy atom. The zero-order valence-corrected chi connectivity index (χ0v) is 10.1. The third-order valence-electron chi connectivity index (χ3n) is 2.68. The van der Waals surface area contributed by atoms with Crippen molar-refractivity contribution in [2.75, 3.05) is 6.54 Å². The fourth-order valence-electron chi connectivity index (χ4n) is 1.82. The van der Waals surface area contributed by atoms with Crippen LogP contribution in [-0.2, 0) is 0 Å². The van der Waals surface area contributed by atoms with Gasteiger partial charge in [0.15, 0.2) is 0 Å². The Morgan fingerprint density at radius 1 is 1.18 bits per heavy atom. The molecule has 2 aromatic rings. The number of nitrogens with zero attached hydrogens (tertiary/aromatic N) is 3. The molecule has 1 unspecified atom stereocenters. The van der Waals surface area contributed by atoms with E-state index < -0.39 is 0 Å². The van der Waals surface area contributed by atoms with Gasteiger partial charge in [-0.1, -0.05) is 6.92 Å². The molecule has 2 heterocycles. The van der Waals surface area contributed by atoms with Crippen molar-refractivity contribution in [2.45, 2.75) is 19.9 Å². The number of aromatic nitrogens is 3. The molecule has 88 valence electrons. The summed E-state index contributed by atoms with van der Waals surface area (Å²) in [6, 6.07) is 2.07. The minimum Gasteiger partial charge on any atom is -0.305 e. The highest BCUT2D eigenvalue weighted by Gasteiger charge is 2.16. The first kappa shape index (κ1) is 11.7. The summed E-state index contributed by atoms with van der Waals surface area (Å²) in [5.74, 6) is 0. The first-order chi connectivity index (χ1) is 8.33. The van der Waals surface area contributed by atoms with Gasteiger partial charge in [0.25, 0.3) is 0 Å². The van der Waals surface area contributed by atoms with Gasteiger partial charge in [0.2, 0.25) is 0 Å². The average molecular weight is 228 g/mol. The summed E-state index contributed by atoms with van der Waals surface area (Å²) in [5.41, 5.74) is 3.27. The minimum atomic E-state index is 0.0578. The normalized spacial score (nSPS) is 12.4. The average Bonchev–Trinajstić information content (AvgIpc) is 2.38. The Bertz CT molecular complexity index is 470. The predicted octanol–water partition coefficient (Wildman–Crippen LogP) is 1.88. The van der Waals surface area contributed by atoms with E-state index in [1.54, 1.807) is 24.8 Å². The van der Waals surface area contributed by atoms with Gasteiger partial charge in [0.1, 0.15) is 0 Å². The molecule has 0 saturated carbocycles. The lowest BCUT2D eigenvalue weighted by Crippen LogP contribution is -2.24. The SMILES string of the molecule is CCNC(c1cnccn1)c1cnccc1C. The molecular weight excluding hydrogens is 212 g/mol. The van der Waals surface area contributed by atoms with Crippen molar-refractivity contribution in [2.24, 2.45) is 0 Å². The summed E-state index contributed by atoms with van der Waals surface area (Å²) >= 11 is 0. The highest BCUT2D eigenvalue weighted by Crippen LogP contribution is 2.21. The van der Waals surface area contributed by atoms with E-state index in [-0.39, 0.29) is 6.04 Å². The monoisotopic (exact) mass is 228 g/mol. The Kier molecular flexibility index (Phi) is 3.77. The van der Waals surface area contributed by atoms with Crippen molar-refractivity contribution in [1.29, 1.82) is 0 Å². The van der Waals surface area contributed by atoms with Crippen LogP contribution in [0.4, 0.5) is 0 Å². The summed E-state index contributed by atoms with van der Waals surface area (Å²) in [6.45, 7) is 5.03. The molecule has 0 aliphatic heterocycles. The fourth-order valence-corrected chi connectivity index (χ4v) is 1.82. The molecule has 4 heteroatoms. The van der Waals surface area contributed by atoms with Crippen LogP contribution in [0.3, 0.4) is 0 Å². The lowest BCUT2D eigenvalue weighted by atomic mass is 10.0. The van der Waals surface area contributed by atoms with Gasteiger partial charge in [-0.2, -0.15) is 0 Å². The maximum absolute atomic E-state index is 4.36. The molecule has 0 bridgehead atoms. The summed E-state index contributed by atoms with van der Waals surface area (Å²) in [5, 5.41) is 3.41. The largest absolute Gasteiger partial charge is 0.305 e. The summed E-state index contributed by atoms with van der Waals surface area (Å²) in [6.07, 6.45) is 8.88. The molecule has 2 aromatic heterocycles. The van der Waals surface area contributed by atoms with Crippen molar-refractivity contribution in [3.05, 3.63) is 53.9 Å². The van der Waals surface area contributed by atoms with Gasteiger partial charge in [-0.15, -0.1) is 0 Å². The molecule has 0 fully saturated rings. The van der Waals surface area contributed by atoms with Gasteiger partial charge in [0, 0.05) is 24.8 Å². The summed E-state index contributed by atoms with van der Waals surface area (Å²) in [4.78, 5) is 12.7. The lowest BCUT2D eigenvalue weighted by molar-refractivity contribution is 0.608. The van der Waals surface area contributed by atoms with Gasteiger partial charge in [0.05, 0.1) is 17.9 Å². The summed E-state index contributed by atoms with van der Waals surface area (Å²) in [7, 11) is 0. The topological polar surface area (TPSA) is 50.7 Å². The van der Waals surface area contributed by atoms with Crippen molar-refractivity contribution in [1.82, 2.24) is 20.3 Å². The second kappa shape index (κ2) is 5.50. The smallest absolute Gasteiger partial charge is 0.0802 e. The molecule has 0 aliphatic carbocycles. The van der Waals surface area contributed by atoms with Crippen molar-refractivity contribution in [3.8, 4) is 0 Å². The summed E-state index contributed by atoms with van der Waals surface area (Å²) < 4.78 is 0. The van der Waals surface area contributed by atoms with Gasteiger partial charge >= 0.3 is 0 Å². The molecular formula is C13H16N4. The van der Waals surface area contributed by atoms with Crippen molar-refractivity contribution in [3.63, 3.8) is 0 Å². The first-order valence-corrected chi connectivity index (χ1v) is 5.72. The molecule has 0 amide bonds. The maximum Gasteiger partial charge on any atom is 0.0802 e. The zero-order chi connectivity index (χ0) is 12.1. The number of aryl methyl sites for hydroxylation is 1. The van der Waals surface area contributed by atoms with Crippen molar-refractivity contribution < 1.29 is 0 Å². The van der Waals surface area contributed by atoms with Gasteiger partial charge in [-0.3, -0.25) is 15.0 Å². The Balaban J connectivity index is 2.39. The molecule has 1 atom stereocenters. The molecule has 0 spiro atoms. The highest BCUT2D eigenvalue weighted by molar-refractivity contribution is 5.30. The van der Waals surface area contributed by atoms with Crippen LogP contribution in [0.1, 0.15) is 29.8 Å². The van der Waals surface area contributed by atoms with E-state index in [9.17, 15) is 0 Å². The third-order valence-corrected chi connectivity index (χ3v) is 2.68. The molecule has 0 aromatic carbocycles. The Labute approximate surface area is 101 Å². The van der Waals surface area contributed by atoms with Crippen LogP contribution in [0.5, 0.6) is 0 Å². The second-order valence-corrected chi connectivity index (χ2v) is 3.85. The number of pyridine rings is 1. The molecule has 0 saturated heterocycles. The van der Waals surface area contributed by atoms with Crippen LogP contribution in [0.15, 0.2) is 37.1 Å². The molecule has 1 N–H and O–H groups in total. The van der Waals surface area contributed by atoms with Gasteiger partial charge in [-0.25, -0.2) is 0 Å². The van der Waals surface area contributed by atoms with E-state index in [0.717, 1.165) is 17.8 Å². The van der Waals surface area contributed by atoms with Crippen LogP contribution >= 0.6 is 0 Å². The van der Waals surface area contributed by atoms with E-state index in [1.807, 2.05) is 12.3 Å². The zero-order valence-electron chi connectivity index (χ0n) is 10.1. The van der Waals surface area contributed by atoms with E-state index in [0.29, 0.717) is 0 Å². The quantitative estimate of drug-likeness (QED) is 0.868. The van der Waals surface area contributed by atoms with Crippen LogP contribution < -0.4 is 5.32 Å². The first-order valence-electron chi connectivity index (χ1n) is 5.72. The van der Waals surface area contributed by atoms with Crippen LogP contribution in [-0.4, -0.2) is 21.5 Å². The minimum absolute atomic E-state index is 0.0578. The standard InChI is InChI=1S/C13H16N4/c1-3-16-13(12-9-15-6-7-17-12)11-8-14-5-4-10(11)2/h4-9,13,16H,3H2,1-2H3. The second-order valence-electron chi connectivity index (χ2n) is 3.85. The van der Waals surface area contributed by atoms with Gasteiger partial charge in [-0.05, 0) is 30.7 Å². The number of hydrogen-bond donors (Lipinski definition) is 1. The number of hydrogen-bond acceptors (Lipinski definition) is 4. The molecule has 0 aliphatic rings. The fraction of sp³-hybridized carbons (Fsp3) is 0.308. The Morgan fingerprint density at radius 3 is 2.65 bits per heavy atom. The third kappa shape index (κ3) is 2.65. The highest BCUT2D eigenvalue weighted by atomic mass is 14.9. The predicted molar refractivity (Wildman–Crippen MR) is 66.5 cm³/mol. The van der Waals surface area contributed by atoms with Gasteiger partial charge < -0.3 is 5.32 Å². The van der Waals surface area contributed by atoms with E-state index in [4.69, 9.17) is 0 Å². The number of nitrogens with one attached hydrogen (secondary N) is 1. The Hall–Kier alpha value is -1.81. The van der Waals surface area contributed by atoms with Crippen LogP contribution in [0.2, 0.25) is 0 Å². The van der Waals surface area contributed by atoms with E-state index in [1.165, 1.54) is 5.56 Å². The molecule has 2 rings (SSSR count). The molecule has 0 radical (unpaired) electrons. The van der Waals surface area contributed by atoms with Crippen LogP contribution in [0, 0.1) is 6.92 Å². The van der Waals surface area contributed by atoms with E-state index >= 15 is 0 Å².